The Balaban J connectivity index is 2.15. The maximum Gasteiger partial charge on any atom is 0.141 e. The summed E-state index contributed by atoms with van der Waals surface area (Å²) in [6.07, 6.45) is 3.53. The third-order valence-electron chi connectivity index (χ3n) is 3.27. The van der Waals surface area contributed by atoms with Gasteiger partial charge in [-0.2, -0.15) is 0 Å². The monoisotopic (exact) mass is 272 g/mol. The molecule has 1 aromatic heterocycles. The van der Waals surface area contributed by atoms with Crippen molar-refractivity contribution in [1.82, 2.24) is 4.98 Å². The van der Waals surface area contributed by atoms with Gasteiger partial charge in [0, 0.05) is 25.8 Å². The van der Waals surface area contributed by atoms with Gasteiger partial charge in [-0.25, -0.2) is 9.37 Å². The second-order valence-electron chi connectivity index (χ2n) is 4.68. The summed E-state index contributed by atoms with van der Waals surface area (Å²) in [6, 6.07) is 1.47. The zero-order valence-electron chi connectivity index (χ0n) is 10.5. The van der Waals surface area contributed by atoms with E-state index in [1.807, 2.05) is 0 Å². The van der Waals surface area contributed by atoms with Gasteiger partial charge in [0.1, 0.15) is 11.6 Å². The number of anilines is 1. The van der Waals surface area contributed by atoms with Crippen LogP contribution in [-0.4, -0.2) is 31.8 Å². The number of piperidine rings is 1. The molecule has 0 N–H and O–H groups in total. The fourth-order valence-corrected chi connectivity index (χ4v) is 2.68. The maximum atomic E-state index is 13.1. The molecule has 0 amide bonds. The molecular weight excluding hydrogens is 255 g/mol. The van der Waals surface area contributed by atoms with Gasteiger partial charge in [-0.15, -0.1) is 11.6 Å². The second kappa shape index (κ2) is 6.34. The van der Waals surface area contributed by atoms with Gasteiger partial charge in [0.05, 0.1) is 18.7 Å². The molecule has 2 heterocycles. The molecule has 0 aliphatic carbocycles. The Morgan fingerprint density at radius 3 is 3.17 bits per heavy atom. The molecule has 100 valence electrons. The minimum atomic E-state index is -0.333. The Morgan fingerprint density at radius 2 is 2.44 bits per heavy atom. The van der Waals surface area contributed by atoms with E-state index in [2.05, 4.69) is 9.88 Å². The first-order valence-electron chi connectivity index (χ1n) is 6.19. The van der Waals surface area contributed by atoms with Crippen LogP contribution in [0.15, 0.2) is 12.3 Å². The highest BCUT2D eigenvalue weighted by atomic mass is 35.5. The molecule has 1 aliphatic rings. The lowest BCUT2D eigenvalue weighted by molar-refractivity contribution is 0.143. The van der Waals surface area contributed by atoms with E-state index >= 15 is 0 Å². The van der Waals surface area contributed by atoms with Gasteiger partial charge in [-0.3, -0.25) is 0 Å². The molecule has 1 aliphatic heterocycles. The Bertz CT molecular complexity index is 401. The van der Waals surface area contributed by atoms with Crippen molar-refractivity contribution in [2.24, 2.45) is 5.92 Å². The number of halogens is 2. The van der Waals surface area contributed by atoms with Gasteiger partial charge in [-0.05, 0) is 24.8 Å². The maximum absolute atomic E-state index is 13.1. The van der Waals surface area contributed by atoms with Gasteiger partial charge < -0.3 is 9.64 Å². The van der Waals surface area contributed by atoms with Crippen molar-refractivity contribution in [2.45, 2.75) is 18.7 Å². The first kappa shape index (κ1) is 13.6. The summed E-state index contributed by atoms with van der Waals surface area (Å²) >= 11 is 5.86. The predicted molar refractivity (Wildman–Crippen MR) is 70.6 cm³/mol. The summed E-state index contributed by atoms with van der Waals surface area (Å²) in [5.41, 5.74) is 0.759. The zero-order chi connectivity index (χ0) is 13.0. The lowest BCUT2D eigenvalue weighted by Gasteiger charge is -2.34. The Labute approximate surface area is 112 Å². The molecule has 3 nitrogen and oxygen atoms in total. The summed E-state index contributed by atoms with van der Waals surface area (Å²) in [5, 5.41) is 0. The number of aromatic nitrogens is 1. The van der Waals surface area contributed by atoms with Crippen LogP contribution in [0.4, 0.5) is 10.2 Å². The highest BCUT2D eigenvalue weighted by molar-refractivity contribution is 6.17. The van der Waals surface area contributed by atoms with Crippen LogP contribution in [0.2, 0.25) is 0 Å². The normalized spacial score (nSPS) is 20.2. The van der Waals surface area contributed by atoms with Crippen molar-refractivity contribution >= 4 is 17.4 Å². The smallest absolute Gasteiger partial charge is 0.141 e. The lowest BCUT2D eigenvalue weighted by atomic mass is 9.98. The number of nitrogens with zero attached hydrogens (tertiary/aromatic N) is 2. The first-order valence-corrected chi connectivity index (χ1v) is 6.72. The van der Waals surface area contributed by atoms with E-state index in [9.17, 15) is 4.39 Å². The average molecular weight is 273 g/mol. The van der Waals surface area contributed by atoms with Crippen molar-refractivity contribution in [3.05, 3.63) is 23.6 Å². The molecular formula is C13H18ClFN2O. The van der Waals surface area contributed by atoms with E-state index in [-0.39, 0.29) is 11.7 Å². The fraction of sp³-hybridized carbons (Fsp3) is 0.615. The van der Waals surface area contributed by atoms with Gasteiger partial charge in [0.2, 0.25) is 0 Å². The number of hydrogen-bond donors (Lipinski definition) is 0. The molecule has 0 saturated carbocycles. The van der Waals surface area contributed by atoms with Gasteiger partial charge in [-0.1, -0.05) is 0 Å². The quantitative estimate of drug-likeness (QED) is 0.788. The van der Waals surface area contributed by atoms with Crippen molar-refractivity contribution in [3.8, 4) is 0 Å². The number of methoxy groups -OCH3 is 1. The molecule has 0 bridgehead atoms. The Morgan fingerprint density at radius 1 is 1.61 bits per heavy atom. The van der Waals surface area contributed by atoms with Crippen LogP contribution < -0.4 is 4.90 Å². The molecule has 0 spiro atoms. The number of rotatable bonds is 4. The minimum Gasteiger partial charge on any atom is -0.384 e. The SMILES string of the molecule is COCC1CCCN(c2ncc(F)cc2CCl)C1. The molecule has 1 aromatic rings. The highest BCUT2D eigenvalue weighted by Gasteiger charge is 2.22. The van der Waals surface area contributed by atoms with Crippen LogP contribution in [0.5, 0.6) is 0 Å². The van der Waals surface area contributed by atoms with Crippen molar-refractivity contribution in [1.29, 1.82) is 0 Å². The van der Waals surface area contributed by atoms with Crippen LogP contribution in [0, 0.1) is 11.7 Å². The molecule has 1 saturated heterocycles. The summed E-state index contributed by atoms with van der Waals surface area (Å²) < 4.78 is 18.3. The second-order valence-corrected chi connectivity index (χ2v) is 4.95. The van der Waals surface area contributed by atoms with E-state index < -0.39 is 0 Å². The highest BCUT2D eigenvalue weighted by Crippen LogP contribution is 2.26. The van der Waals surface area contributed by atoms with Crippen molar-refractivity contribution in [3.63, 3.8) is 0 Å². The van der Waals surface area contributed by atoms with Crippen molar-refractivity contribution in [2.75, 3.05) is 31.7 Å². The topological polar surface area (TPSA) is 25.4 Å². The van der Waals surface area contributed by atoms with E-state index in [0.717, 1.165) is 37.5 Å². The van der Waals surface area contributed by atoms with Crippen LogP contribution >= 0.6 is 11.6 Å². The predicted octanol–water partition coefficient (Wildman–Crippen LogP) is 2.82. The molecule has 1 unspecified atom stereocenters. The molecule has 2 rings (SSSR count). The van der Waals surface area contributed by atoms with Crippen molar-refractivity contribution < 1.29 is 9.13 Å². The number of hydrogen-bond acceptors (Lipinski definition) is 3. The van der Waals surface area contributed by atoms with E-state index in [1.165, 1.54) is 18.7 Å². The molecule has 1 fully saturated rings. The third-order valence-corrected chi connectivity index (χ3v) is 3.56. The summed E-state index contributed by atoms with van der Waals surface area (Å²) in [6.45, 7) is 2.60. The number of alkyl halides is 1. The largest absolute Gasteiger partial charge is 0.384 e. The van der Waals surface area contributed by atoms with E-state index in [4.69, 9.17) is 16.3 Å². The fourth-order valence-electron chi connectivity index (χ4n) is 2.49. The van der Waals surface area contributed by atoms with Gasteiger partial charge >= 0.3 is 0 Å². The van der Waals surface area contributed by atoms with Crippen LogP contribution in [0.1, 0.15) is 18.4 Å². The zero-order valence-corrected chi connectivity index (χ0v) is 11.3. The molecule has 1 atom stereocenters. The number of pyridine rings is 1. The summed E-state index contributed by atoms with van der Waals surface area (Å²) in [7, 11) is 1.72. The average Bonchev–Trinajstić information content (AvgIpc) is 2.39. The molecule has 5 heteroatoms. The van der Waals surface area contributed by atoms with E-state index in [1.54, 1.807) is 7.11 Å². The Hall–Kier alpha value is -0.870. The molecule has 0 aromatic carbocycles. The minimum absolute atomic E-state index is 0.283. The standard InChI is InChI=1S/C13H18ClFN2O/c1-18-9-10-3-2-4-17(8-10)13-11(6-14)5-12(15)7-16-13/h5,7,10H,2-4,6,8-9H2,1H3. The van der Waals surface area contributed by atoms with E-state index in [0.29, 0.717) is 5.92 Å². The van der Waals surface area contributed by atoms with Crippen LogP contribution in [-0.2, 0) is 10.6 Å². The Kier molecular flexibility index (Phi) is 4.78. The molecule has 0 radical (unpaired) electrons. The first-order chi connectivity index (χ1) is 8.74. The summed E-state index contributed by atoms with van der Waals surface area (Å²) in [4.78, 5) is 6.38. The van der Waals surface area contributed by atoms with Gasteiger partial charge in [0.25, 0.3) is 0 Å². The molecule has 18 heavy (non-hydrogen) atoms. The summed E-state index contributed by atoms with van der Waals surface area (Å²) in [5.74, 6) is 1.27. The lowest BCUT2D eigenvalue weighted by Crippen LogP contribution is -2.38. The van der Waals surface area contributed by atoms with Crippen LogP contribution in [0.3, 0.4) is 0 Å². The van der Waals surface area contributed by atoms with Gasteiger partial charge in [0.15, 0.2) is 0 Å². The third kappa shape index (κ3) is 3.12. The van der Waals surface area contributed by atoms with Crippen LogP contribution in [0.25, 0.3) is 0 Å². The number of ether oxygens (including phenoxy) is 1.